The average Bonchev–Trinajstić information content (AvgIpc) is 3.07. The summed E-state index contributed by atoms with van der Waals surface area (Å²) in [4.78, 5) is 14.8. The van der Waals surface area contributed by atoms with Crippen LogP contribution in [0.25, 0.3) is 0 Å². The number of hydrogen-bond donors (Lipinski definition) is 1. The third kappa shape index (κ3) is 3.67. The second-order valence-corrected chi connectivity index (χ2v) is 6.94. The summed E-state index contributed by atoms with van der Waals surface area (Å²) in [5.41, 5.74) is 0. The van der Waals surface area contributed by atoms with Gasteiger partial charge in [0.1, 0.15) is 5.76 Å². The Hall–Kier alpha value is -1.29. The maximum absolute atomic E-state index is 12.3. The number of hydrogen-bond acceptors (Lipinski definition) is 3. The molecule has 1 aromatic heterocycles. The molecule has 1 amide bonds. The summed E-state index contributed by atoms with van der Waals surface area (Å²) in [7, 11) is 0. The Labute approximate surface area is 126 Å². The summed E-state index contributed by atoms with van der Waals surface area (Å²) in [5, 5.41) is 3.24. The topological polar surface area (TPSA) is 45.5 Å². The number of amides is 1. The molecule has 3 rings (SSSR count). The van der Waals surface area contributed by atoms with Crippen molar-refractivity contribution >= 4 is 5.91 Å². The van der Waals surface area contributed by atoms with Gasteiger partial charge in [-0.25, -0.2) is 0 Å². The number of nitrogens with zero attached hydrogens (tertiary/aromatic N) is 1. The molecule has 0 spiro atoms. The maximum Gasteiger partial charge on any atom is 0.224 e. The fourth-order valence-electron chi connectivity index (χ4n) is 3.39. The molecule has 4 nitrogen and oxygen atoms in total. The highest BCUT2D eigenvalue weighted by Crippen LogP contribution is 2.47. The standard InChI is InChI=1S/C17H26N2O2/c1-12(2)11-19-7-5-13(6-8-19)18-17(20)15-10-14(15)16-4-3-9-21-16/h3-4,9,12-15H,5-8,10-11H2,1-2H3,(H,18,20). The smallest absolute Gasteiger partial charge is 0.224 e. The molecule has 1 saturated carbocycles. The van der Waals surface area contributed by atoms with Crippen LogP contribution in [0.2, 0.25) is 0 Å². The van der Waals surface area contributed by atoms with E-state index < -0.39 is 0 Å². The lowest BCUT2D eigenvalue weighted by atomic mass is 10.0. The molecule has 1 aliphatic carbocycles. The van der Waals surface area contributed by atoms with Gasteiger partial charge in [-0.1, -0.05) is 13.8 Å². The predicted molar refractivity (Wildman–Crippen MR) is 82.0 cm³/mol. The molecule has 21 heavy (non-hydrogen) atoms. The molecule has 1 aliphatic heterocycles. The molecule has 2 fully saturated rings. The van der Waals surface area contributed by atoms with Gasteiger partial charge in [0.15, 0.2) is 0 Å². The molecule has 2 unspecified atom stereocenters. The number of rotatable bonds is 5. The van der Waals surface area contributed by atoms with Gasteiger partial charge >= 0.3 is 0 Å². The first-order valence-electron chi connectivity index (χ1n) is 8.19. The van der Waals surface area contributed by atoms with Crippen molar-refractivity contribution in [1.29, 1.82) is 0 Å². The minimum Gasteiger partial charge on any atom is -0.469 e. The van der Waals surface area contributed by atoms with Crippen molar-refractivity contribution in [3.8, 4) is 0 Å². The summed E-state index contributed by atoms with van der Waals surface area (Å²) in [6.07, 6.45) is 4.78. The molecule has 2 aliphatic rings. The van der Waals surface area contributed by atoms with Crippen LogP contribution >= 0.6 is 0 Å². The van der Waals surface area contributed by atoms with E-state index in [4.69, 9.17) is 4.42 Å². The molecule has 0 radical (unpaired) electrons. The highest BCUT2D eigenvalue weighted by atomic mass is 16.3. The minimum absolute atomic E-state index is 0.129. The highest BCUT2D eigenvalue weighted by molar-refractivity contribution is 5.82. The monoisotopic (exact) mass is 290 g/mol. The fourth-order valence-corrected chi connectivity index (χ4v) is 3.39. The molecule has 0 bridgehead atoms. The van der Waals surface area contributed by atoms with Crippen molar-refractivity contribution in [1.82, 2.24) is 10.2 Å². The molecule has 2 heterocycles. The molecule has 4 heteroatoms. The number of furan rings is 1. The van der Waals surface area contributed by atoms with Crippen molar-refractivity contribution in [3.05, 3.63) is 24.2 Å². The number of piperidine rings is 1. The Morgan fingerprint density at radius 3 is 2.81 bits per heavy atom. The second-order valence-electron chi connectivity index (χ2n) is 6.94. The van der Waals surface area contributed by atoms with Gasteiger partial charge in [-0.05, 0) is 37.3 Å². The zero-order valence-corrected chi connectivity index (χ0v) is 13.0. The second kappa shape index (κ2) is 6.22. The lowest BCUT2D eigenvalue weighted by molar-refractivity contribution is -0.123. The Morgan fingerprint density at radius 2 is 2.19 bits per heavy atom. The Kier molecular flexibility index (Phi) is 4.34. The lowest BCUT2D eigenvalue weighted by Gasteiger charge is -2.33. The maximum atomic E-state index is 12.3. The van der Waals surface area contributed by atoms with Gasteiger partial charge in [0, 0.05) is 37.5 Å². The molecule has 1 aromatic rings. The van der Waals surface area contributed by atoms with Crippen LogP contribution < -0.4 is 5.32 Å². The van der Waals surface area contributed by atoms with Crippen molar-refractivity contribution < 1.29 is 9.21 Å². The number of nitrogens with one attached hydrogen (secondary N) is 1. The van der Waals surface area contributed by atoms with E-state index in [1.54, 1.807) is 6.26 Å². The van der Waals surface area contributed by atoms with Crippen LogP contribution in [0.15, 0.2) is 22.8 Å². The molecular formula is C17H26N2O2. The van der Waals surface area contributed by atoms with E-state index in [9.17, 15) is 4.79 Å². The van der Waals surface area contributed by atoms with Crippen molar-refractivity contribution in [3.63, 3.8) is 0 Å². The zero-order valence-electron chi connectivity index (χ0n) is 13.0. The Balaban J connectivity index is 1.41. The number of carbonyl (C=O) groups is 1. The molecule has 0 aromatic carbocycles. The highest BCUT2D eigenvalue weighted by Gasteiger charge is 2.46. The van der Waals surface area contributed by atoms with Gasteiger partial charge in [0.2, 0.25) is 5.91 Å². The van der Waals surface area contributed by atoms with Crippen LogP contribution in [-0.4, -0.2) is 36.5 Å². The van der Waals surface area contributed by atoms with Crippen molar-refractivity contribution in [2.45, 2.75) is 45.1 Å². The lowest BCUT2D eigenvalue weighted by Crippen LogP contribution is -2.46. The SMILES string of the molecule is CC(C)CN1CCC(NC(=O)C2CC2c2ccco2)CC1. The molecular weight excluding hydrogens is 264 g/mol. The first-order chi connectivity index (χ1) is 10.1. The average molecular weight is 290 g/mol. The normalized spacial score (nSPS) is 27.0. The minimum atomic E-state index is 0.129. The van der Waals surface area contributed by atoms with Crippen LogP contribution in [0, 0.1) is 11.8 Å². The van der Waals surface area contributed by atoms with E-state index in [-0.39, 0.29) is 11.8 Å². The Morgan fingerprint density at radius 1 is 1.43 bits per heavy atom. The van der Waals surface area contributed by atoms with Crippen molar-refractivity contribution in [2.75, 3.05) is 19.6 Å². The first kappa shape index (κ1) is 14.6. The summed E-state index contributed by atoms with van der Waals surface area (Å²) in [5.74, 6) is 2.34. The fraction of sp³-hybridized carbons (Fsp3) is 0.706. The van der Waals surface area contributed by atoms with E-state index in [0.717, 1.165) is 44.0 Å². The van der Waals surface area contributed by atoms with Gasteiger partial charge in [-0.3, -0.25) is 4.79 Å². The summed E-state index contributed by atoms with van der Waals surface area (Å²) in [6.45, 7) is 7.90. The Bertz CT molecular complexity index is 461. The predicted octanol–water partition coefficient (Wildman–Crippen LogP) is 2.62. The van der Waals surface area contributed by atoms with Gasteiger partial charge in [0.25, 0.3) is 0 Å². The van der Waals surface area contributed by atoms with Crippen LogP contribution in [0.3, 0.4) is 0 Å². The van der Waals surface area contributed by atoms with E-state index in [0.29, 0.717) is 12.0 Å². The first-order valence-corrected chi connectivity index (χ1v) is 8.19. The van der Waals surface area contributed by atoms with Gasteiger partial charge < -0.3 is 14.6 Å². The summed E-state index contributed by atoms with van der Waals surface area (Å²) < 4.78 is 5.39. The summed E-state index contributed by atoms with van der Waals surface area (Å²) >= 11 is 0. The molecule has 2 atom stereocenters. The molecule has 1 saturated heterocycles. The van der Waals surface area contributed by atoms with Gasteiger partial charge in [-0.2, -0.15) is 0 Å². The number of carbonyl (C=O) groups excluding carboxylic acids is 1. The van der Waals surface area contributed by atoms with Crippen LogP contribution in [-0.2, 0) is 4.79 Å². The van der Waals surface area contributed by atoms with E-state index in [2.05, 4.69) is 24.1 Å². The summed E-state index contributed by atoms with van der Waals surface area (Å²) in [6, 6.07) is 4.23. The molecule has 116 valence electrons. The van der Waals surface area contributed by atoms with E-state index in [1.807, 2.05) is 12.1 Å². The third-order valence-corrected chi connectivity index (χ3v) is 4.59. The number of likely N-dealkylation sites (tertiary alicyclic amines) is 1. The largest absolute Gasteiger partial charge is 0.469 e. The van der Waals surface area contributed by atoms with E-state index >= 15 is 0 Å². The van der Waals surface area contributed by atoms with Crippen LogP contribution in [0.4, 0.5) is 0 Å². The van der Waals surface area contributed by atoms with Gasteiger partial charge in [0.05, 0.1) is 6.26 Å². The van der Waals surface area contributed by atoms with Crippen LogP contribution in [0.1, 0.15) is 44.8 Å². The third-order valence-electron chi connectivity index (χ3n) is 4.59. The quantitative estimate of drug-likeness (QED) is 0.906. The van der Waals surface area contributed by atoms with E-state index in [1.165, 1.54) is 6.54 Å². The molecule has 1 N–H and O–H groups in total. The van der Waals surface area contributed by atoms with Crippen molar-refractivity contribution in [2.24, 2.45) is 11.8 Å². The van der Waals surface area contributed by atoms with Crippen LogP contribution in [0.5, 0.6) is 0 Å². The van der Waals surface area contributed by atoms with Gasteiger partial charge in [-0.15, -0.1) is 0 Å². The zero-order chi connectivity index (χ0) is 14.8.